The van der Waals surface area contributed by atoms with Crippen molar-refractivity contribution in [3.05, 3.63) is 0 Å². The molecule has 0 aromatic rings. The van der Waals surface area contributed by atoms with Crippen molar-refractivity contribution >= 4 is 5.91 Å². The normalized spacial score (nSPS) is 31.3. The van der Waals surface area contributed by atoms with Crippen molar-refractivity contribution in [3.8, 4) is 0 Å². The third-order valence-corrected chi connectivity index (χ3v) is 4.75. The SMILES string of the molecule is CCNC1CCN(C(=O)CC2CCCCO2)CC1CC. The van der Waals surface area contributed by atoms with Crippen molar-refractivity contribution in [3.63, 3.8) is 0 Å². The van der Waals surface area contributed by atoms with E-state index in [0.717, 1.165) is 51.9 Å². The van der Waals surface area contributed by atoms with E-state index in [9.17, 15) is 4.79 Å². The topological polar surface area (TPSA) is 41.6 Å². The van der Waals surface area contributed by atoms with Gasteiger partial charge in [0.15, 0.2) is 0 Å². The second-order valence-corrected chi connectivity index (χ2v) is 6.15. The molecular formula is C16H30N2O2. The lowest BCUT2D eigenvalue weighted by Crippen LogP contribution is -2.51. The number of nitrogens with one attached hydrogen (secondary N) is 1. The molecule has 4 nitrogen and oxygen atoms in total. The predicted molar refractivity (Wildman–Crippen MR) is 80.7 cm³/mol. The van der Waals surface area contributed by atoms with Gasteiger partial charge in [-0.25, -0.2) is 0 Å². The number of carbonyl (C=O) groups excluding carboxylic acids is 1. The van der Waals surface area contributed by atoms with Crippen LogP contribution in [0.15, 0.2) is 0 Å². The van der Waals surface area contributed by atoms with Crippen LogP contribution in [0.1, 0.15) is 52.4 Å². The van der Waals surface area contributed by atoms with Gasteiger partial charge in [0.2, 0.25) is 5.91 Å². The van der Waals surface area contributed by atoms with Gasteiger partial charge in [-0.1, -0.05) is 20.3 Å². The van der Waals surface area contributed by atoms with Gasteiger partial charge in [0, 0.05) is 25.7 Å². The maximum atomic E-state index is 12.4. The number of ether oxygens (including phenoxy) is 1. The highest BCUT2D eigenvalue weighted by Gasteiger charge is 2.30. The summed E-state index contributed by atoms with van der Waals surface area (Å²) in [5, 5.41) is 3.56. The van der Waals surface area contributed by atoms with Crippen LogP contribution in [-0.4, -0.2) is 49.2 Å². The third-order valence-electron chi connectivity index (χ3n) is 4.75. The molecule has 2 rings (SSSR count). The quantitative estimate of drug-likeness (QED) is 0.840. The number of likely N-dealkylation sites (tertiary alicyclic amines) is 1. The summed E-state index contributed by atoms with van der Waals surface area (Å²) < 4.78 is 5.69. The summed E-state index contributed by atoms with van der Waals surface area (Å²) >= 11 is 0. The Labute approximate surface area is 123 Å². The Morgan fingerprint density at radius 2 is 2.15 bits per heavy atom. The zero-order valence-electron chi connectivity index (χ0n) is 13.1. The number of hydrogen-bond acceptors (Lipinski definition) is 3. The minimum absolute atomic E-state index is 0.169. The monoisotopic (exact) mass is 282 g/mol. The number of hydrogen-bond donors (Lipinski definition) is 1. The lowest BCUT2D eigenvalue weighted by Gasteiger charge is -2.39. The molecule has 0 radical (unpaired) electrons. The van der Waals surface area contributed by atoms with Gasteiger partial charge in [-0.05, 0) is 38.1 Å². The number of nitrogens with zero attached hydrogens (tertiary/aromatic N) is 1. The molecule has 0 saturated carbocycles. The van der Waals surface area contributed by atoms with Gasteiger partial charge in [0.25, 0.3) is 0 Å². The van der Waals surface area contributed by atoms with Gasteiger partial charge in [-0.3, -0.25) is 4.79 Å². The average Bonchev–Trinajstić information content (AvgIpc) is 2.49. The zero-order valence-corrected chi connectivity index (χ0v) is 13.1. The first kappa shape index (κ1) is 15.8. The summed E-state index contributed by atoms with van der Waals surface area (Å²) in [6.07, 6.45) is 6.39. The Morgan fingerprint density at radius 1 is 1.30 bits per heavy atom. The number of piperidine rings is 1. The predicted octanol–water partition coefficient (Wildman–Crippen LogP) is 2.18. The standard InChI is InChI=1S/C16H30N2O2/c1-3-13-12-18(9-8-15(13)17-4-2)16(19)11-14-7-5-6-10-20-14/h13-15,17H,3-12H2,1-2H3. The summed E-state index contributed by atoms with van der Waals surface area (Å²) in [6.45, 7) is 8.06. The van der Waals surface area contributed by atoms with Crippen LogP contribution in [0.25, 0.3) is 0 Å². The molecule has 0 aromatic carbocycles. The number of rotatable bonds is 5. The number of amides is 1. The van der Waals surface area contributed by atoms with E-state index in [4.69, 9.17) is 4.74 Å². The Hall–Kier alpha value is -0.610. The molecule has 3 unspecified atom stereocenters. The summed E-state index contributed by atoms with van der Waals surface area (Å²) in [6, 6.07) is 0.583. The van der Waals surface area contributed by atoms with E-state index in [1.807, 2.05) is 0 Å². The molecule has 0 aliphatic carbocycles. The Bertz CT molecular complexity index is 303. The van der Waals surface area contributed by atoms with Crippen LogP contribution >= 0.6 is 0 Å². The molecule has 4 heteroatoms. The maximum absolute atomic E-state index is 12.4. The van der Waals surface area contributed by atoms with Gasteiger partial charge in [-0.15, -0.1) is 0 Å². The molecule has 20 heavy (non-hydrogen) atoms. The molecule has 2 fully saturated rings. The van der Waals surface area contributed by atoms with Crippen molar-refractivity contribution in [1.82, 2.24) is 10.2 Å². The Balaban J connectivity index is 1.81. The molecule has 1 amide bonds. The summed E-state index contributed by atoms with van der Waals surface area (Å²) in [5.41, 5.74) is 0. The fraction of sp³-hybridized carbons (Fsp3) is 0.938. The molecule has 3 atom stereocenters. The molecule has 2 aliphatic rings. The van der Waals surface area contributed by atoms with Gasteiger partial charge in [0.1, 0.15) is 0 Å². The van der Waals surface area contributed by atoms with E-state index >= 15 is 0 Å². The van der Waals surface area contributed by atoms with Crippen LogP contribution in [0.3, 0.4) is 0 Å². The fourth-order valence-corrected chi connectivity index (χ4v) is 3.50. The molecule has 2 heterocycles. The highest BCUT2D eigenvalue weighted by atomic mass is 16.5. The third kappa shape index (κ3) is 4.19. The van der Waals surface area contributed by atoms with Crippen LogP contribution in [0, 0.1) is 5.92 Å². The maximum Gasteiger partial charge on any atom is 0.225 e. The Morgan fingerprint density at radius 3 is 2.80 bits per heavy atom. The highest BCUT2D eigenvalue weighted by molar-refractivity contribution is 5.76. The van der Waals surface area contributed by atoms with E-state index in [-0.39, 0.29) is 6.10 Å². The van der Waals surface area contributed by atoms with Crippen molar-refractivity contribution < 1.29 is 9.53 Å². The molecule has 0 spiro atoms. The molecule has 0 bridgehead atoms. The summed E-state index contributed by atoms with van der Waals surface area (Å²) in [4.78, 5) is 14.5. The first-order valence-corrected chi connectivity index (χ1v) is 8.37. The first-order valence-electron chi connectivity index (χ1n) is 8.37. The van der Waals surface area contributed by atoms with Crippen LogP contribution in [0.4, 0.5) is 0 Å². The van der Waals surface area contributed by atoms with E-state index < -0.39 is 0 Å². The molecule has 1 N–H and O–H groups in total. The van der Waals surface area contributed by atoms with E-state index in [2.05, 4.69) is 24.1 Å². The molecule has 2 saturated heterocycles. The largest absolute Gasteiger partial charge is 0.378 e. The fourth-order valence-electron chi connectivity index (χ4n) is 3.50. The van der Waals surface area contributed by atoms with Gasteiger partial charge >= 0.3 is 0 Å². The summed E-state index contributed by atoms with van der Waals surface area (Å²) in [5.74, 6) is 0.894. The highest BCUT2D eigenvalue weighted by Crippen LogP contribution is 2.23. The number of carbonyl (C=O) groups is 1. The lowest BCUT2D eigenvalue weighted by atomic mass is 9.89. The van der Waals surface area contributed by atoms with Crippen LogP contribution in [-0.2, 0) is 9.53 Å². The smallest absolute Gasteiger partial charge is 0.225 e. The molecule has 0 aromatic heterocycles. The average molecular weight is 282 g/mol. The minimum Gasteiger partial charge on any atom is -0.378 e. The van der Waals surface area contributed by atoms with Crippen molar-refractivity contribution in [2.24, 2.45) is 5.92 Å². The van der Waals surface area contributed by atoms with Crippen molar-refractivity contribution in [2.45, 2.75) is 64.5 Å². The molecular weight excluding hydrogens is 252 g/mol. The van der Waals surface area contributed by atoms with E-state index in [1.165, 1.54) is 6.42 Å². The zero-order chi connectivity index (χ0) is 14.4. The lowest BCUT2D eigenvalue weighted by molar-refractivity contribution is -0.137. The minimum atomic E-state index is 0.169. The Kier molecular flexibility index (Phi) is 6.30. The van der Waals surface area contributed by atoms with Crippen molar-refractivity contribution in [1.29, 1.82) is 0 Å². The van der Waals surface area contributed by atoms with Gasteiger partial charge < -0.3 is 15.0 Å². The van der Waals surface area contributed by atoms with Gasteiger partial charge in [-0.2, -0.15) is 0 Å². The molecule has 116 valence electrons. The second kappa shape index (κ2) is 7.99. The van der Waals surface area contributed by atoms with E-state index in [0.29, 0.717) is 24.3 Å². The second-order valence-electron chi connectivity index (χ2n) is 6.15. The summed E-state index contributed by atoms with van der Waals surface area (Å²) in [7, 11) is 0. The van der Waals surface area contributed by atoms with Crippen LogP contribution in [0.5, 0.6) is 0 Å². The molecule has 2 aliphatic heterocycles. The van der Waals surface area contributed by atoms with Crippen molar-refractivity contribution in [2.75, 3.05) is 26.2 Å². The van der Waals surface area contributed by atoms with Gasteiger partial charge in [0.05, 0.1) is 12.5 Å². The van der Waals surface area contributed by atoms with Crippen LogP contribution in [0.2, 0.25) is 0 Å². The van der Waals surface area contributed by atoms with Crippen LogP contribution < -0.4 is 5.32 Å². The van der Waals surface area contributed by atoms with E-state index in [1.54, 1.807) is 0 Å². The first-order chi connectivity index (χ1) is 9.74.